The largest absolute Gasteiger partial charge is 0.484 e. The Morgan fingerprint density at radius 1 is 1.12 bits per heavy atom. The predicted octanol–water partition coefficient (Wildman–Crippen LogP) is 3.63. The van der Waals surface area contributed by atoms with Crippen LogP contribution in [0.4, 0.5) is 4.39 Å². The molecule has 0 bridgehead atoms. The first-order valence-electron chi connectivity index (χ1n) is 7.64. The predicted molar refractivity (Wildman–Crippen MR) is 86.4 cm³/mol. The van der Waals surface area contributed by atoms with E-state index in [0.717, 1.165) is 0 Å². The lowest BCUT2D eigenvalue weighted by molar-refractivity contribution is 0.0526. The number of nitrogens with zero attached hydrogens (tertiary/aromatic N) is 2. The lowest BCUT2D eigenvalue weighted by Crippen LogP contribution is -2.04. The average Bonchev–Trinajstić information content (AvgIpc) is 3.10. The molecule has 2 aromatic carbocycles. The van der Waals surface area contributed by atoms with Crippen molar-refractivity contribution in [3.05, 3.63) is 65.8 Å². The van der Waals surface area contributed by atoms with Crippen LogP contribution < -0.4 is 4.74 Å². The van der Waals surface area contributed by atoms with Crippen LogP contribution in [-0.2, 0) is 11.3 Å². The van der Waals surface area contributed by atoms with Gasteiger partial charge in [0.1, 0.15) is 11.6 Å². The molecule has 0 saturated heterocycles. The molecule has 128 valence electrons. The smallest absolute Gasteiger partial charge is 0.338 e. The third kappa shape index (κ3) is 4.20. The number of hydrogen-bond acceptors (Lipinski definition) is 6. The minimum absolute atomic E-state index is 0.0763. The minimum atomic E-state index is -0.380. The molecule has 1 aromatic heterocycles. The van der Waals surface area contributed by atoms with Gasteiger partial charge in [-0.3, -0.25) is 0 Å². The SMILES string of the molecule is CCOC(=O)c1ccc(OCc2nc(-c3ccc(F)cc3)no2)cc1. The van der Waals surface area contributed by atoms with E-state index in [2.05, 4.69) is 10.1 Å². The van der Waals surface area contributed by atoms with E-state index in [1.807, 2.05) is 0 Å². The fourth-order valence-corrected chi connectivity index (χ4v) is 2.08. The summed E-state index contributed by atoms with van der Waals surface area (Å²) in [4.78, 5) is 15.8. The van der Waals surface area contributed by atoms with Gasteiger partial charge in [0.15, 0.2) is 6.61 Å². The molecule has 0 N–H and O–H groups in total. The molecule has 7 heteroatoms. The van der Waals surface area contributed by atoms with Crippen LogP contribution in [-0.4, -0.2) is 22.7 Å². The van der Waals surface area contributed by atoms with Gasteiger partial charge in [-0.05, 0) is 55.5 Å². The highest BCUT2D eigenvalue weighted by atomic mass is 19.1. The van der Waals surface area contributed by atoms with Crippen LogP contribution in [0.5, 0.6) is 5.75 Å². The summed E-state index contributed by atoms with van der Waals surface area (Å²) in [6.45, 7) is 2.15. The fourth-order valence-electron chi connectivity index (χ4n) is 2.08. The maximum Gasteiger partial charge on any atom is 0.338 e. The van der Waals surface area contributed by atoms with Gasteiger partial charge >= 0.3 is 5.97 Å². The molecule has 25 heavy (non-hydrogen) atoms. The lowest BCUT2D eigenvalue weighted by atomic mass is 10.2. The van der Waals surface area contributed by atoms with Crippen LogP contribution in [0, 0.1) is 5.82 Å². The second-order valence-corrected chi connectivity index (χ2v) is 5.05. The second-order valence-electron chi connectivity index (χ2n) is 5.05. The van der Waals surface area contributed by atoms with E-state index in [1.54, 1.807) is 43.3 Å². The van der Waals surface area contributed by atoms with Gasteiger partial charge in [0.25, 0.3) is 5.89 Å². The summed E-state index contributed by atoms with van der Waals surface area (Å²) in [6, 6.07) is 12.3. The van der Waals surface area contributed by atoms with E-state index >= 15 is 0 Å². The molecular weight excluding hydrogens is 327 g/mol. The summed E-state index contributed by atoms with van der Waals surface area (Å²) in [7, 11) is 0. The van der Waals surface area contributed by atoms with Crippen LogP contribution >= 0.6 is 0 Å². The highest BCUT2D eigenvalue weighted by molar-refractivity contribution is 5.89. The summed E-state index contributed by atoms with van der Waals surface area (Å²) in [5.41, 5.74) is 1.10. The highest BCUT2D eigenvalue weighted by Gasteiger charge is 2.10. The molecule has 0 fully saturated rings. The van der Waals surface area contributed by atoms with Gasteiger partial charge in [0, 0.05) is 5.56 Å². The average molecular weight is 342 g/mol. The zero-order valence-corrected chi connectivity index (χ0v) is 13.4. The van der Waals surface area contributed by atoms with Crippen molar-refractivity contribution in [2.45, 2.75) is 13.5 Å². The third-order valence-electron chi connectivity index (χ3n) is 3.30. The summed E-state index contributed by atoms with van der Waals surface area (Å²) in [5.74, 6) is 0.483. The van der Waals surface area contributed by atoms with E-state index in [9.17, 15) is 9.18 Å². The van der Waals surface area contributed by atoms with Crippen molar-refractivity contribution in [2.75, 3.05) is 6.61 Å². The summed E-state index contributed by atoms with van der Waals surface area (Å²) in [5, 5.41) is 3.84. The zero-order chi connectivity index (χ0) is 17.6. The molecule has 0 saturated carbocycles. The number of aromatic nitrogens is 2. The number of carbonyl (C=O) groups excluding carboxylic acids is 1. The normalized spacial score (nSPS) is 10.5. The number of ether oxygens (including phenoxy) is 2. The van der Waals surface area contributed by atoms with Crippen LogP contribution in [0.15, 0.2) is 53.1 Å². The van der Waals surface area contributed by atoms with Crippen LogP contribution in [0.3, 0.4) is 0 Å². The number of rotatable bonds is 6. The quantitative estimate of drug-likeness (QED) is 0.637. The Kier molecular flexibility index (Phi) is 5.03. The summed E-state index contributed by atoms with van der Waals surface area (Å²) < 4.78 is 28.5. The molecule has 0 atom stereocenters. The summed E-state index contributed by atoms with van der Waals surface area (Å²) in [6.07, 6.45) is 0. The van der Waals surface area contributed by atoms with Crippen LogP contribution in [0.25, 0.3) is 11.4 Å². The number of hydrogen-bond donors (Lipinski definition) is 0. The van der Waals surface area contributed by atoms with E-state index in [4.69, 9.17) is 14.0 Å². The van der Waals surface area contributed by atoms with Gasteiger partial charge in [-0.1, -0.05) is 5.16 Å². The third-order valence-corrected chi connectivity index (χ3v) is 3.30. The van der Waals surface area contributed by atoms with Crippen LogP contribution in [0.1, 0.15) is 23.2 Å². The second kappa shape index (κ2) is 7.57. The summed E-state index contributed by atoms with van der Waals surface area (Å²) >= 11 is 0. The van der Waals surface area contributed by atoms with Gasteiger partial charge in [-0.2, -0.15) is 4.98 Å². The molecule has 6 nitrogen and oxygen atoms in total. The fraction of sp³-hybridized carbons (Fsp3) is 0.167. The van der Waals surface area contributed by atoms with Gasteiger partial charge < -0.3 is 14.0 Å². The first-order valence-corrected chi connectivity index (χ1v) is 7.64. The minimum Gasteiger partial charge on any atom is -0.484 e. The standard InChI is InChI=1S/C18H15FN2O4/c1-2-23-18(22)13-5-9-15(10-6-13)24-11-16-20-17(21-25-16)12-3-7-14(19)8-4-12/h3-10H,2,11H2,1H3. The molecule has 3 rings (SSSR count). The molecule has 0 amide bonds. The van der Waals surface area contributed by atoms with Gasteiger partial charge in [0.2, 0.25) is 5.82 Å². The Morgan fingerprint density at radius 2 is 1.84 bits per heavy atom. The van der Waals surface area contributed by atoms with Gasteiger partial charge in [-0.25, -0.2) is 9.18 Å². The van der Waals surface area contributed by atoms with Crippen molar-refractivity contribution in [3.8, 4) is 17.1 Å². The van der Waals surface area contributed by atoms with Gasteiger partial charge in [0.05, 0.1) is 12.2 Å². The van der Waals surface area contributed by atoms with Crippen molar-refractivity contribution in [1.82, 2.24) is 10.1 Å². The maximum absolute atomic E-state index is 12.9. The molecule has 0 aliphatic heterocycles. The zero-order valence-electron chi connectivity index (χ0n) is 13.4. The number of halogens is 1. The number of benzene rings is 2. The molecule has 0 aliphatic rings. The Morgan fingerprint density at radius 3 is 2.52 bits per heavy atom. The van der Waals surface area contributed by atoms with E-state index in [-0.39, 0.29) is 24.3 Å². The molecule has 1 heterocycles. The van der Waals surface area contributed by atoms with Gasteiger partial charge in [-0.15, -0.1) is 0 Å². The number of esters is 1. The first kappa shape index (κ1) is 16.6. The monoisotopic (exact) mass is 342 g/mol. The Labute approximate surface area is 143 Å². The molecule has 0 aliphatic carbocycles. The highest BCUT2D eigenvalue weighted by Crippen LogP contribution is 2.18. The lowest BCUT2D eigenvalue weighted by Gasteiger charge is -2.05. The Hall–Kier alpha value is -3.22. The van der Waals surface area contributed by atoms with Crippen molar-refractivity contribution in [2.24, 2.45) is 0 Å². The maximum atomic E-state index is 12.9. The molecule has 0 radical (unpaired) electrons. The van der Waals surface area contributed by atoms with E-state index < -0.39 is 0 Å². The number of carbonyl (C=O) groups is 1. The molecule has 3 aromatic rings. The first-order chi connectivity index (χ1) is 12.2. The van der Waals surface area contributed by atoms with E-state index in [0.29, 0.717) is 29.3 Å². The van der Waals surface area contributed by atoms with Crippen molar-refractivity contribution < 1.29 is 23.2 Å². The Balaban J connectivity index is 1.60. The van der Waals surface area contributed by atoms with Crippen molar-refractivity contribution in [1.29, 1.82) is 0 Å². The molecule has 0 spiro atoms. The van der Waals surface area contributed by atoms with Crippen molar-refractivity contribution in [3.63, 3.8) is 0 Å². The molecular formula is C18H15FN2O4. The van der Waals surface area contributed by atoms with E-state index in [1.165, 1.54) is 12.1 Å². The molecule has 0 unspecified atom stereocenters. The Bertz CT molecular complexity index is 844. The van der Waals surface area contributed by atoms with Crippen LogP contribution in [0.2, 0.25) is 0 Å². The topological polar surface area (TPSA) is 74.5 Å². The van der Waals surface area contributed by atoms with Crippen molar-refractivity contribution >= 4 is 5.97 Å².